The Morgan fingerprint density at radius 3 is 1.11 bits per heavy atom. The standard InChI is InChI=1S/C6H16O11P2/c1-6(7,18(8,14-10-2)15-11-3)19(9,16-12-4)17-13-5/h7H,1-5H3. The van der Waals surface area contributed by atoms with Gasteiger partial charge in [-0.05, 0) is 6.92 Å². The summed E-state index contributed by atoms with van der Waals surface area (Å²) in [6, 6.07) is 0. The first kappa shape index (κ1) is 19.1. The van der Waals surface area contributed by atoms with E-state index in [1.165, 1.54) is 0 Å². The molecule has 0 aromatic rings. The van der Waals surface area contributed by atoms with Crippen LogP contribution in [0.25, 0.3) is 0 Å². The second kappa shape index (κ2) is 7.77. The molecule has 0 rings (SSSR count). The highest BCUT2D eigenvalue weighted by Crippen LogP contribution is 2.76. The summed E-state index contributed by atoms with van der Waals surface area (Å²) >= 11 is 0. The van der Waals surface area contributed by atoms with Gasteiger partial charge in [0.1, 0.15) is 0 Å². The van der Waals surface area contributed by atoms with Crippen molar-refractivity contribution in [1.82, 2.24) is 0 Å². The summed E-state index contributed by atoms with van der Waals surface area (Å²) in [6.45, 7) is 0.768. The molecule has 0 saturated heterocycles. The van der Waals surface area contributed by atoms with Gasteiger partial charge in [-0.25, -0.2) is 19.6 Å². The molecule has 0 aromatic carbocycles. The van der Waals surface area contributed by atoms with Crippen molar-refractivity contribution in [2.75, 3.05) is 28.4 Å². The van der Waals surface area contributed by atoms with Crippen LogP contribution in [0.2, 0.25) is 0 Å². The molecule has 0 unspecified atom stereocenters. The highest BCUT2D eigenvalue weighted by Gasteiger charge is 2.65. The molecule has 0 heterocycles. The van der Waals surface area contributed by atoms with Gasteiger partial charge in [-0.2, -0.15) is 0 Å². The van der Waals surface area contributed by atoms with Crippen LogP contribution in [0.4, 0.5) is 0 Å². The van der Waals surface area contributed by atoms with Crippen LogP contribution in [0.1, 0.15) is 6.92 Å². The lowest BCUT2D eigenvalue weighted by Gasteiger charge is -2.31. The van der Waals surface area contributed by atoms with Crippen LogP contribution in [0.5, 0.6) is 0 Å². The van der Waals surface area contributed by atoms with E-state index >= 15 is 0 Å². The Hall–Kier alpha value is 0.1000. The van der Waals surface area contributed by atoms with E-state index in [2.05, 4.69) is 38.2 Å². The van der Waals surface area contributed by atoms with Crippen molar-refractivity contribution in [3.63, 3.8) is 0 Å². The van der Waals surface area contributed by atoms with Gasteiger partial charge in [-0.1, -0.05) is 0 Å². The Bertz CT molecular complexity index is 303. The van der Waals surface area contributed by atoms with Gasteiger partial charge in [0.05, 0.1) is 28.4 Å². The van der Waals surface area contributed by atoms with Crippen molar-refractivity contribution in [3.8, 4) is 0 Å². The maximum absolute atomic E-state index is 12.2. The van der Waals surface area contributed by atoms with E-state index < -0.39 is 20.3 Å². The van der Waals surface area contributed by atoms with E-state index in [-0.39, 0.29) is 0 Å². The molecule has 0 aliphatic carbocycles. The quantitative estimate of drug-likeness (QED) is 0.355. The largest absolute Gasteiger partial charge is 0.427 e. The Labute approximate surface area is 109 Å². The summed E-state index contributed by atoms with van der Waals surface area (Å²) in [7, 11) is -5.44. The van der Waals surface area contributed by atoms with Crippen LogP contribution in [0, 0.1) is 0 Å². The first-order valence-corrected chi connectivity index (χ1v) is 7.65. The molecular formula is C6H16O11P2. The van der Waals surface area contributed by atoms with Gasteiger partial charge >= 0.3 is 15.2 Å². The minimum atomic E-state index is -4.67. The molecule has 0 spiro atoms. The maximum Gasteiger partial charge on any atom is 0.427 e. The molecule has 116 valence electrons. The lowest BCUT2D eigenvalue weighted by atomic mass is 10.9. The van der Waals surface area contributed by atoms with Gasteiger partial charge < -0.3 is 5.11 Å². The fourth-order valence-electron chi connectivity index (χ4n) is 0.850. The predicted octanol–water partition coefficient (Wildman–Crippen LogP) is 1.35. The van der Waals surface area contributed by atoms with Crippen molar-refractivity contribution in [1.29, 1.82) is 0 Å². The highest BCUT2D eigenvalue weighted by atomic mass is 31.2. The highest BCUT2D eigenvalue weighted by molar-refractivity contribution is 7.73. The van der Waals surface area contributed by atoms with Crippen LogP contribution in [0.3, 0.4) is 0 Å². The van der Waals surface area contributed by atoms with Gasteiger partial charge in [0.25, 0.3) is 5.08 Å². The van der Waals surface area contributed by atoms with E-state index in [9.17, 15) is 14.2 Å². The fraction of sp³-hybridized carbons (Fsp3) is 1.00. The Morgan fingerprint density at radius 2 is 0.947 bits per heavy atom. The summed E-state index contributed by atoms with van der Waals surface area (Å²) in [5, 5.41) is 7.27. The lowest BCUT2D eigenvalue weighted by Crippen LogP contribution is -2.29. The summed E-state index contributed by atoms with van der Waals surface area (Å²) in [6.07, 6.45) is 0. The molecule has 0 atom stereocenters. The van der Waals surface area contributed by atoms with E-state index in [0.29, 0.717) is 0 Å². The monoisotopic (exact) mass is 326 g/mol. The van der Waals surface area contributed by atoms with E-state index in [0.717, 1.165) is 35.4 Å². The van der Waals surface area contributed by atoms with Crippen LogP contribution in [0.15, 0.2) is 0 Å². The third-order valence-corrected chi connectivity index (χ3v) is 6.65. The topological polar surface area (TPSA) is 128 Å². The molecule has 0 aliphatic heterocycles. The summed E-state index contributed by atoms with van der Waals surface area (Å²) in [5.74, 6) is 0. The molecular weight excluding hydrogens is 310 g/mol. The van der Waals surface area contributed by atoms with Gasteiger partial charge in [0.15, 0.2) is 0 Å². The molecule has 0 fully saturated rings. The minimum Gasteiger partial charge on any atom is -0.367 e. The molecule has 19 heavy (non-hydrogen) atoms. The molecule has 0 amide bonds. The average Bonchev–Trinajstić information content (AvgIpc) is 2.29. The molecule has 0 aliphatic rings. The SMILES string of the molecule is COOP(=O)(OOC)C(C)(O)P(=O)(OOC)OOC. The van der Waals surface area contributed by atoms with Gasteiger partial charge in [0.2, 0.25) is 0 Å². The van der Waals surface area contributed by atoms with Crippen molar-refractivity contribution in [2.45, 2.75) is 12.0 Å². The number of hydrogen-bond acceptors (Lipinski definition) is 11. The van der Waals surface area contributed by atoms with Gasteiger partial charge in [-0.15, -0.1) is 18.7 Å². The van der Waals surface area contributed by atoms with E-state index in [1.807, 2.05) is 0 Å². The summed E-state index contributed by atoms with van der Waals surface area (Å²) < 4.78 is 41.6. The molecule has 0 saturated carbocycles. The zero-order valence-corrected chi connectivity index (χ0v) is 12.7. The van der Waals surface area contributed by atoms with Crippen LogP contribution in [-0.4, -0.2) is 38.6 Å². The zero-order chi connectivity index (χ0) is 15.2. The van der Waals surface area contributed by atoms with E-state index in [4.69, 9.17) is 0 Å². The van der Waals surface area contributed by atoms with Crippen molar-refractivity contribution in [3.05, 3.63) is 0 Å². The fourth-order valence-corrected chi connectivity index (χ4v) is 3.85. The van der Waals surface area contributed by atoms with Crippen LogP contribution >= 0.6 is 15.2 Å². The number of aliphatic hydroxyl groups is 1. The van der Waals surface area contributed by atoms with Crippen molar-refractivity contribution in [2.24, 2.45) is 0 Å². The first-order valence-electron chi connectivity index (χ1n) is 4.57. The second-order valence-electron chi connectivity index (χ2n) is 2.93. The zero-order valence-electron chi connectivity index (χ0n) is 10.9. The van der Waals surface area contributed by atoms with Crippen LogP contribution in [-0.2, 0) is 47.4 Å². The number of rotatable bonds is 10. The Balaban J connectivity index is 5.59. The third-order valence-electron chi connectivity index (χ3n) is 1.73. The smallest absolute Gasteiger partial charge is 0.367 e. The Morgan fingerprint density at radius 1 is 0.737 bits per heavy atom. The second-order valence-corrected chi connectivity index (χ2v) is 7.61. The lowest BCUT2D eigenvalue weighted by molar-refractivity contribution is -0.262. The first-order chi connectivity index (χ1) is 8.74. The third kappa shape index (κ3) is 4.03. The minimum absolute atomic E-state index is 0.768. The van der Waals surface area contributed by atoms with Crippen molar-refractivity contribution < 1.29 is 52.5 Å². The summed E-state index contributed by atoms with van der Waals surface area (Å²) in [4.78, 5) is 16.6. The van der Waals surface area contributed by atoms with E-state index in [1.54, 1.807) is 0 Å². The average molecular weight is 326 g/mol. The van der Waals surface area contributed by atoms with Gasteiger partial charge in [-0.3, -0.25) is 9.13 Å². The molecule has 0 aromatic heterocycles. The predicted molar refractivity (Wildman–Crippen MR) is 58.2 cm³/mol. The maximum atomic E-state index is 12.2. The molecule has 0 bridgehead atoms. The molecule has 11 nitrogen and oxygen atoms in total. The molecule has 13 heteroatoms. The molecule has 0 radical (unpaired) electrons. The Kier molecular flexibility index (Phi) is 7.81. The number of hydrogen-bond donors (Lipinski definition) is 1. The summed E-state index contributed by atoms with van der Waals surface area (Å²) in [5.41, 5.74) is 0. The normalized spacial score (nSPS) is 13.8. The van der Waals surface area contributed by atoms with Crippen molar-refractivity contribution >= 4 is 15.2 Å². The van der Waals surface area contributed by atoms with Gasteiger partial charge in [0, 0.05) is 0 Å². The molecule has 1 N–H and O–H groups in total. The van der Waals surface area contributed by atoms with Crippen LogP contribution < -0.4 is 0 Å².